The Bertz CT molecular complexity index is 1170. The molecule has 0 aliphatic rings. The highest BCUT2D eigenvalue weighted by atomic mass is 32.1. The topological polar surface area (TPSA) is 72.7 Å². The number of nitrogens with one attached hydrogen (secondary N) is 1. The minimum Gasteiger partial charge on any atom is -0.300 e. The molecule has 4 aromatic rings. The number of carbonyl (C=O) groups excluding carboxylic acids is 1. The summed E-state index contributed by atoms with van der Waals surface area (Å²) >= 11 is 1.29. The van der Waals surface area contributed by atoms with Crippen molar-refractivity contribution in [3.05, 3.63) is 65.0 Å². The van der Waals surface area contributed by atoms with E-state index in [0.29, 0.717) is 11.6 Å². The normalized spacial score (nSPS) is 11.7. The van der Waals surface area contributed by atoms with Crippen LogP contribution in [0.25, 0.3) is 16.6 Å². The molecule has 2 aromatic heterocycles. The fourth-order valence-corrected chi connectivity index (χ4v) is 3.69. The van der Waals surface area contributed by atoms with Gasteiger partial charge in [0.05, 0.1) is 17.4 Å². The van der Waals surface area contributed by atoms with E-state index >= 15 is 0 Å². The summed E-state index contributed by atoms with van der Waals surface area (Å²) in [6.45, 7) is 5.85. The number of hydrogen-bond donors (Lipinski definition) is 1. The predicted octanol–water partition coefficient (Wildman–Crippen LogP) is 4.53. The van der Waals surface area contributed by atoms with Gasteiger partial charge in [0.1, 0.15) is 11.3 Å². The van der Waals surface area contributed by atoms with Crippen molar-refractivity contribution in [2.24, 2.45) is 5.41 Å². The fourth-order valence-electron chi connectivity index (χ4n) is 3.25. The van der Waals surface area contributed by atoms with Gasteiger partial charge >= 0.3 is 0 Å². The second-order valence-electron chi connectivity index (χ2n) is 7.63. The Morgan fingerprint density at radius 1 is 1.24 bits per heavy atom. The van der Waals surface area contributed by atoms with Crippen LogP contribution in [0.15, 0.2) is 48.1 Å². The highest BCUT2D eigenvalue weighted by Gasteiger charge is 2.29. The predicted molar refractivity (Wildman–Crippen MR) is 112 cm³/mol. The second kappa shape index (κ2) is 7.36. The van der Waals surface area contributed by atoms with Gasteiger partial charge in [-0.25, -0.2) is 9.07 Å². The third-order valence-electron chi connectivity index (χ3n) is 4.92. The van der Waals surface area contributed by atoms with Gasteiger partial charge < -0.3 is 5.32 Å². The lowest BCUT2D eigenvalue weighted by Crippen LogP contribution is -2.33. The molecule has 29 heavy (non-hydrogen) atoms. The molecule has 0 radical (unpaired) electrons. The molecule has 148 valence electrons. The number of carbonyl (C=O) groups is 1. The maximum absolute atomic E-state index is 13.2. The van der Waals surface area contributed by atoms with Crippen molar-refractivity contribution in [2.45, 2.75) is 27.2 Å². The molecule has 0 spiro atoms. The lowest BCUT2D eigenvalue weighted by Gasteiger charge is -2.24. The number of anilines is 1. The number of nitrogens with zero attached hydrogens (tertiary/aromatic N) is 4. The molecule has 6 nitrogen and oxygen atoms in total. The van der Waals surface area contributed by atoms with E-state index in [2.05, 4.69) is 32.7 Å². The molecule has 1 amide bonds. The van der Waals surface area contributed by atoms with Crippen LogP contribution in [0.3, 0.4) is 0 Å². The van der Waals surface area contributed by atoms with Gasteiger partial charge in [-0.1, -0.05) is 25.2 Å². The number of hydrogen-bond acceptors (Lipinski definition) is 5. The number of benzene rings is 2. The van der Waals surface area contributed by atoms with Crippen molar-refractivity contribution >= 4 is 33.3 Å². The first-order valence-electron chi connectivity index (χ1n) is 9.14. The van der Waals surface area contributed by atoms with E-state index in [4.69, 9.17) is 0 Å². The van der Waals surface area contributed by atoms with Gasteiger partial charge in [0, 0.05) is 10.8 Å². The maximum Gasteiger partial charge on any atom is 0.232 e. The number of rotatable bonds is 5. The molecule has 1 N–H and O–H groups in total. The van der Waals surface area contributed by atoms with Gasteiger partial charge in [-0.05, 0) is 60.9 Å². The second-order valence-corrected chi connectivity index (χ2v) is 8.46. The number of aryl methyl sites for hydroxylation is 1. The van der Waals surface area contributed by atoms with Crippen molar-refractivity contribution < 1.29 is 9.18 Å². The average Bonchev–Trinajstić information content (AvgIpc) is 3.32. The van der Waals surface area contributed by atoms with Crippen LogP contribution in [0, 0.1) is 18.2 Å². The number of aromatic nitrogens is 4. The molecular formula is C21H20FN5OS. The van der Waals surface area contributed by atoms with Crippen molar-refractivity contribution in [3.8, 4) is 5.69 Å². The van der Waals surface area contributed by atoms with E-state index in [1.165, 1.54) is 23.5 Å². The molecular weight excluding hydrogens is 389 g/mol. The number of halogens is 1. The van der Waals surface area contributed by atoms with Gasteiger partial charge in [0.2, 0.25) is 11.0 Å². The van der Waals surface area contributed by atoms with Crippen LogP contribution in [0.4, 0.5) is 9.52 Å². The Hall–Kier alpha value is -3.13. The van der Waals surface area contributed by atoms with Crippen LogP contribution >= 0.6 is 11.3 Å². The standard InChI is InChI=1S/C21H20FN5OS/c1-13-8-18-15(11-24-27(18)17-6-4-16(22)5-7-17)9-14(13)10-21(2,3)19(28)25-20-26-23-12-29-20/h4-9,11-12H,10H2,1-3H3,(H,25,26,28). The molecule has 0 aliphatic heterocycles. The van der Waals surface area contributed by atoms with Crippen LogP contribution in [-0.4, -0.2) is 25.9 Å². The molecule has 0 fully saturated rings. The Kier molecular flexibility index (Phi) is 4.87. The molecule has 0 saturated heterocycles. The van der Waals surface area contributed by atoms with E-state index in [0.717, 1.165) is 27.7 Å². The van der Waals surface area contributed by atoms with Gasteiger partial charge in [0.15, 0.2) is 0 Å². The minimum absolute atomic E-state index is 0.101. The van der Waals surface area contributed by atoms with Crippen molar-refractivity contribution in [2.75, 3.05) is 5.32 Å². The van der Waals surface area contributed by atoms with E-state index in [1.807, 2.05) is 20.8 Å². The fraction of sp³-hybridized carbons (Fsp3) is 0.238. The summed E-state index contributed by atoms with van der Waals surface area (Å²) in [6, 6.07) is 10.4. The zero-order valence-corrected chi connectivity index (χ0v) is 17.1. The first-order chi connectivity index (χ1) is 13.8. The molecule has 0 atom stereocenters. The summed E-state index contributed by atoms with van der Waals surface area (Å²) in [6.07, 6.45) is 2.36. The summed E-state index contributed by atoms with van der Waals surface area (Å²) in [5.41, 5.74) is 4.84. The van der Waals surface area contributed by atoms with Crippen molar-refractivity contribution in [3.63, 3.8) is 0 Å². The molecule has 0 unspecified atom stereocenters. The molecule has 2 aromatic carbocycles. The first kappa shape index (κ1) is 19.2. The van der Waals surface area contributed by atoms with Crippen LogP contribution in [0.5, 0.6) is 0 Å². The Morgan fingerprint density at radius 2 is 2.00 bits per heavy atom. The van der Waals surface area contributed by atoms with Gasteiger partial charge in [0.25, 0.3) is 0 Å². The molecule has 2 heterocycles. The van der Waals surface area contributed by atoms with Gasteiger partial charge in [-0.3, -0.25) is 4.79 Å². The summed E-state index contributed by atoms with van der Waals surface area (Å²) in [4.78, 5) is 12.7. The molecule has 8 heteroatoms. The van der Waals surface area contributed by atoms with Crippen molar-refractivity contribution in [1.82, 2.24) is 20.0 Å². The Labute approximate surface area is 171 Å². The molecule has 0 bridgehead atoms. The number of fused-ring (bicyclic) bond motifs is 1. The SMILES string of the molecule is Cc1cc2c(cnn2-c2ccc(F)cc2)cc1CC(C)(C)C(=O)Nc1nncs1. The third kappa shape index (κ3) is 3.88. The molecule has 0 aliphatic carbocycles. The van der Waals surface area contributed by atoms with Crippen LogP contribution in [-0.2, 0) is 11.2 Å². The summed E-state index contributed by atoms with van der Waals surface area (Å²) in [5.74, 6) is -0.381. The lowest BCUT2D eigenvalue weighted by atomic mass is 9.83. The Balaban J connectivity index is 1.62. The molecule has 4 rings (SSSR count). The van der Waals surface area contributed by atoms with Crippen molar-refractivity contribution in [1.29, 1.82) is 0 Å². The highest BCUT2D eigenvalue weighted by molar-refractivity contribution is 7.13. The quantitative estimate of drug-likeness (QED) is 0.526. The van der Waals surface area contributed by atoms with E-state index in [-0.39, 0.29) is 11.7 Å². The summed E-state index contributed by atoms with van der Waals surface area (Å²) in [7, 11) is 0. The van der Waals surface area contributed by atoms with E-state index in [1.54, 1.807) is 28.5 Å². The number of amides is 1. The van der Waals surface area contributed by atoms with E-state index in [9.17, 15) is 9.18 Å². The smallest absolute Gasteiger partial charge is 0.232 e. The maximum atomic E-state index is 13.2. The van der Waals surface area contributed by atoms with Crippen LogP contribution in [0.1, 0.15) is 25.0 Å². The summed E-state index contributed by atoms with van der Waals surface area (Å²) < 4.78 is 15.0. The van der Waals surface area contributed by atoms with Gasteiger partial charge in [-0.15, -0.1) is 10.2 Å². The third-order valence-corrected chi connectivity index (χ3v) is 5.53. The largest absolute Gasteiger partial charge is 0.300 e. The van der Waals surface area contributed by atoms with Crippen LogP contribution < -0.4 is 5.32 Å². The average molecular weight is 409 g/mol. The molecule has 0 saturated carbocycles. The van der Waals surface area contributed by atoms with Gasteiger partial charge in [-0.2, -0.15) is 5.10 Å². The van der Waals surface area contributed by atoms with Crippen LogP contribution in [0.2, 0.25) is 0 Å². The summed E-state index contributed by atoms with van der Waals surface area (Å²) in [5, 5.41) is 16.4. The zero-order valence-electron chi connectivity index (χ0n) is 16.3. The minimum atomic E-state index is -0.628. The zero-order chi connectivity index (χ0) is 20.6. The monoisotopic (exact) mass is 409 g/mol. The van der Waals surface area contributed by atoms with E-state index < -0.39 is 5.41 Å². The Morgan fingerprint density at radius 3 is 2.69 bits per heavy atom. The highest BCUT2D eigenvalue weighted by Crippen LogP contribution is 2.29. The first-order valence-corrected chi connectivity index (χ1v) is 10.0. The lowest BCUT2D eigenvalue weighted by molar-refractivity contribution is -0.123.